The SMILES string of the molecule is CCCOc1cc(C)c(N)cc1C. The quantitative estimate of drug-likeness (QED) is 0.724. The minimum absolute atomic E-state index is 0.768. The van der Waals surface area contributed by atoms with E-state index in [9.17, 15) is 0 Å². The van der Waals surface area contributed by atoms with Gasteiger partial charge >= 0.3 is 0 Å². The van der Waals surface area contributed by atoms with E-state index >= 15 is 0 Å². The third kappa shape index (κ3) is 2.38. The number of rotatable bonds is 3. The van der Waals surface area contributed by atoms with Crippen molar-refractivity contribution in [3.05, 3.63) is 23.3 Å². The van der Waals surface area contributed by atoms with Gasteiger partial charge in [0.2, 0.25) is 0 Å². The number of hydrogen-bond acceptors (Lipinski definition) is 2. The summed E-state index contributed by atoms with van der Waals surface area (Å²) < 4.78 is 5.57. The van der Waals surface area contributed by atoms with Gasteiger partial charge in [-0.3, -0.25) is 0 Å². The molecule has 0 heterocycles. The number of hydrogen-bond donors (Lipinski definition) is 1. The molecule has 72 valence electrons. The van der Waals surface area contributed by atoms with E-state index in [2.05, 4.69) is 6.92 Å². The van der Waals surface area contributed by atoms with E-state index in [-0.39, 0.29) is 0 Å². The van der Waals surface area contributed by atoms with Gasteiger partial charge in [0.1, 0.15) is 5.75 Å². The maximum absolute atomic E-state index is 5.76. The fraction of sp³-hybridized carbons (Fsp3) is 0.455. The molecule has 2 N–H and O–H groups in total. The van der Waals surface area contributed by atoms with Crippen molar-refractivity contribution in [1.29, 1.82) is 0 Å². The fourth-order valence-electron chi connectivity index (χ4n) is 1.18. The van der Waals surface area contributed by atoms with Gasteiger partial charge in [-0.2, -0.15) is 0 Å². The van der Waals surface area contributed by atoms with E-state index in [0.29, 0.717) is 0 Å². The molecule has 0 unspecified atom stereocenters. The van der Waals surface area contributed by atoms with Gasteiger partial charge in [0.25, 0.3) is 0 Å². The normalized spacial score (nSPS) is 10.1. The van der Waals surface area contributed by atoms with Crippen LogP contribution < -0.4 is 10.5 Å². The highest BCUT2D eigenvalue weighted by molar-refractivity contribution is 5.53. The van der Waals surface area contributed by atoms with Crippen LogP contribution in [0.1, 0.15) is 24.5 Å². The molecule has 0 spiro atoms. The topological polar surface area (TPSA) is 35.2 Å². The molecule has 0 fully saturated rings. The summed E-state index contributed by atoms with van der Waals surface area (Å²) in [7, 11) is 0. The Balaban J connectivity index is 2.88. The van der Waals surface area contributed by atoms with Crippen molar-refractivity contribution in [2.75, 3.05) is 12.3 Å². The zero-order valence-electron chi connectivity index (χ0n) is 8.55. The van der Waals surface area contributed by atoms with Crippen LogP contribution in [0.2, 0.25) is 0 Å². The molecule has 0 amide bonds. The summed E-state index contributed by atoms with van der Waals surface area (Å²) >= 11 is 0. The zero-order valence-corrected chi connectivity index (χ0v) is 8.55. The molecule has 2 nitrogen and oxygen atoms in total. The molecule has 0 aliphatic rings. The van der Waals surface area contributed by atoms with Crippen LogP contribution in [0.15, 0.2) is 12.1 Å². The van der Waals surface area contributed by atoms with Crippen molar-refractivity contribution in [1.82, 2.24) is 0 Å². The summed E-state index contributed by atoms with van der Waals surface area (Å²) in [4.78, 5) is 0. The van der Waals surface area contributed by atoms with Gasteiger partial charge in [-0.15, -0.1) is 0 Å². The van der Waals surface area contributed by atoms with E-state index in [1.54, 1.807) is 0 Å². The first kappa shape index (κ1) is 9.90. The highest BCUT2D eigenvalue weighted by atomic mass is 16.5. The van der Waals surface area contributed by atoms with E-state index in [4.69, 9.17) is 10.5 Å². The predicted molar refractivity (Wildman–Crippen MR) is 56.1 cm³/mol. The molecule has 0 atom stereocenters. The lowest BCUT2D eigenvalue weighted by molar-refractivity contribution is 0.315. The molecule has 0 bridgehead atoms. The molecule has 1 aromatic carbocycles. The van der Waals surface area contributed by atoms with E-state index in [1.165, 1.54) is 0 Å². The molecular weight excluding hydrogens is 162 g/mol. The maximum Gasteiger partial charge on any atom is 0.122 e. The molecule has 1 rings (SSSR count). The molecule has 0 saturated heterocycles. The van der Waals surface area contributed by atoms with E-state index in [0.717, 1.165) is 35.6 Å². The van der Waals surface area contributed by atoms with E-state index in [1.807, 2.05) is 26.0 Å². The standard InChI is InChI=1S/C11H17NO/c1-4-5-13-11-7-8(2)10(12)6-9(11)3/h6-7H,4-5,12H2,1-3H3. The first-order chi connectivity index (χ1) is 6.15. The van der Waals surface area contributed by atoms with Crippen LogP contribution in [0.5, 0.6) is 5.75 Å². The molecule has 0 aliphatic heterocycles. The zero-order chi connectivity index (χ0) is 9.84. The van der Waals surface area contributed by atoms with Crippen LogP contribution >= 0.6 is 0 Å². The van der Waals surface area contributed by atoms with Gasteiger partial charge in [0, 0.05) is 5.69 Å². The van der Waals surface area contributed by atoms with Crippen molar-refractivity contribution >= 4 is 5.69 Å². The Hall–Kier alpha value is -1.18. The summed E-state index contributed by atoms with van der Waals surface area (Å²) in [5.41, 5.74) is 8.79. The van der Waals surface area contributed by atoms with Crippen LogP contribution in [0.4, 0.5) is 5.69 Å². The molecule has 1 aromatic rings. The molecular formula is C11H17NO. The molecule has 0 radical (unpaired) electrons. The van der Waals surface area contributed by atoms with Crippen LogP contribution in [0.25, 0.3) is 0 Å². The largest absolute Gasteiger partial charge is 0.493 e. The predicted octanol–water partition coefficient (Wildman–Crippen LogP) is 2.67. The van der Waals surface area contributed by atoms with Crippen LogP contribution in [-0.2, 0) is 0 Å². The van der Waals surface area contributed by atoms with Crippen molar-refractivity contribution in [3.8, 4) is 5.75 Å². The van der Waals surface area contributed by atoms with Crippen LogP contribution in [-0.4, -0.2) is 6.61 Å². The third-order valence-corrected chi connectivity index (χ3v) is 2.03. The average molecular weight is 179 g/mol. The van der Waals surface area contributed by atoms with Crippen LogP contribution in [0, 0.1) is 13.8 Å². The van der Waals surface area contributed by atoms with Crippen molar-refractivity contribution < 1.29 is 4.74 Å². The van der Waals surface area contributed by atoms with Gasteiger partial charge in [-0.05, 0) is 43.5 Å². The van der Waals surface area contributed by atoms with Crippen molar-refractivity contribution in [2.45, 2.75) is 27.2 Å². The number of ether oxygens (including phenoxy) is 1. The van der Waals surface area contributed by atoms with Crippen LogP contribution in [0.3, 0.4) is 0 Å². The minimum Gasteiger partial charge on any atom is -0.493 e. The summed E-state index contributed by atoms with van der Waals surface area (Å²) in [6, 6.07) is 3.96. The summed E-state index contributed by atoms with van der Waals surface area (Å²) in [6.07, 6.45) is 1.03. The van der Waals surface area contributed by atoms with Gasteiger partial charge < -0.3 is 10.5 Å². The number of anilines is 1. The Kier molecular flexibility index (Phi) is 3.18. The van der Waals surface area contributed by atoms with Gasteiger partial charge in [-0.1, -0.05) is 6.92 Å². The summed E-state index contributed by atoms with van der Waals surface area (Å²) in [5.74, 6) is 0.952. The first-order valence-corrected chi connectivity index (χ1v) is 4.64. The number of nitrogens with two attached hydrogens (primary N) is 1. The smallest absolute Gasteiger partial charge is 0.122 e. The number of benzene rings is 1. The van der Waals surface area contributed by atoms with Gasteiger partial charge in [0.15, 0.2) is 0 Å². The van der Waals surface area contributed by atoms with Crippen molar-refractivity contribution in [3.63, 3.8) is 0 Å². The second-order valence-electron chi connectivity index (χ2n) is 3.32. The Bertz CT molecular complexity index is 294. The minimum atomic E-state index is 0.768. The molecule has 0 aliphatic carbocycles. The maximum atomic E-state index is 5.76. The van der Waals surface area contributed by atoms with Crippen molar-refractivity contribution in [2.24, 2.45) is 0 Å². The highest BCUT2D eigenvalue weighted by Crippen LogP contribution is 2.24. The Morgan fingerprint density at radius 2 is 1.92 bits per heavy atom. The van der Waals surface area contributed by atoms with Gasteiger partial charge in [-0.25, -0.2) is 0 Å². The second-order valence-corrected chi connectivity index (χ2v) is 3.32. The first-order valence-electron chi connectivity index (χ1n) is 4.64. The van der Waals surface area contributed by atoms with Gasteiger partial charge in [0.05, 0.1) is 6.61 Å². The summed E-state index contributed by atoms with van der Waals surface area (Å²) in [6.45, 7) is 6.87. The lowest BCUT2D eigenvalue weighted by atomic mass is 10.1. The number of aryl methyl sites for hydroxylation is 2. The summed E-state index contributed by atoms with van der Waals surface area (Å²) in [5, 5.41) is 0. The lowest BCUT2D eigenvalue weighted by Crippen LogP contribution is -1.99. The Morgan fingerprint density at radius 1 is 1.23 bits per heavy atom. The van der Waals surface area contributed by atoms with E-state index < -0.39 is 0 Å². The Labute approximate surface area is 79.7 Å². The molecule has 13 heavy (non-hydrogen) atoms. The molecule has 0 aromatic heterocycles. The number of nitrogen functional groups attached to an aromatic ring is 1. The fourth-order valence-corrected chi connectivity index (χ4v) is 1.18. The highest BCUT2D eigenvalue weighted by Gasteiger charge is 2.02. The lowest BCUT2D eigenvalue weighted by Gasteiger charge is -2.10. The average Bonchev–Trinajstić information content (AvgIpc) is 2.09. The molecule has 2 heteroatoms. The second kappa shape index (κ2) is 4.17. The molecule has 0 saturated carbocycles. The monoisotopic (exact) mass is 179 g/mol. The third-order valence-electron chi connectivity index (χ3n) is 2.03. The Morgan fingerprint density at radius 3 is 2.54 bits per heavy atom.